The van der Waals surface area contributed by atoms with Crippen LogP contribution in [0.25, 0.3) is 0 Å². The van der Waals surface area contributed by atoms with Crippen molar-refractivity contribution in [1.29, 1.82) is 0 Å². The SMILES string of the molecule is CCCCCCCCC/C=C\CCCCCCCCCCOCC(COP(=O)(O)OCCN)OC(=O)CCCC. The molecule has 0 radical (unpaired) electrons. The maximum atomic E-state index is 12.0. The van der Waals surface area contributed by atoms with Gasteiger partial charge in [0, 0.05) is 19.6 Å². The van der Waals surface area contributed by atoms with Gasteiger partial charge in [-0.25, -0.2) is 4.57 Å². The van der Waals surface area contributed by atoms with E-state index in [-0.39, 0.29) is 32.3 Å². The third kappa shape index (κ3) is 28.8. The number of nitrogens with two attached hydrogens (primary N) is 1. The summed E-state index contributed by atoms with van der Waals surface area (Å²) in [4.78, 5) is 21.7. The predicted molar refractivity (Wildman–Crippen MR) is 164 cm³/mol. The summed E-state index contributed by atoms with van der Waals surface area (Å²) in [7, 11) is -4.24. The van der Waals surface area contributed by atoms with E-state index in [0.29, 0.717) is 13.0 Å². The van der Waals surface area contributed by atoms with Crippen molar-refractivity contribution in [1.82, 2.24) is 0 Å². The Hall–Kier alpha value is -0.760. The van der Waals surface area contributed by atoms with E-state index in [1.807, 2.05) is 6.92 Å². The molecule has 0 bridgehead atoms. The minimum Gasteiger partial charge on any atom is -0.457 e. The Labute approximate surface area is 245 Å². The highest BCUT2D eigenvalue weighted by Crippen LogP contribution is 2.43. The lowest BCUT2D eigenvalue weighted by Gasteiger charge is -2.20. The Kier molecular flexibility index (Phi) is 29.2. The quantitative estimate of drug-likeness (QED) is 0.0357. The topological polar surface area (TPSA) is 117 Å². The lowest BCUT2D eigenvalue weighted by molar-refractivity contribution is -0.154. The van der Waals surface area contributed by atoms with Gasteiger partial charge in [-0.3, -0.25) is 13.8 Å². The molecule has 9 heteroatoms. The molecule has 0 aromatic rings. The van der Waals surface area contributed by atoms with E-state index in [2.05, 4.69) is 19.1 Å². The summed E-state index contributed by atoms with van der Waals surface area (Å²) >= 11 is 0. The Morgan fingerprint density at radius 3 is 1.80 bits per heavy atom. The van der Waals surface area contributed by atoms with Gasteiger partial charge >= 0.3 is 13.8 Å². The number of unbranched alkanes of at least 4 members (excludes halogenated alkanes) is 16. The fourth-order valence-electron chi connectivity index (χ4n) is 4.26. The van der Waals surface area contributed by atoms with Gasteiger partial charge in [-0.2, -0.15) is 0 Å². The van der Waals surface area contributed by atoms with Crippen LogP contribution in [-0.4, -0.2) is 49.9 Å². The van der Waals surface area contributed by atoms with Gasteiger partial charge < -0.3 is 20.1 Å². The first-order valence-electron chi connectivity index (χ1n) is 16.2. The maximum Gasteiger partial charge on any atom is 0.472 e. The van der Waals surface area contributed by atoms with Crippen LogP contribution in [0.1, 0.15) is 142 Å². The molecule has 0 spiro atoms. The number of hydrogen-bond acceptors (Lipinski definition) is 7. The van der Waals surface area contributed by atoms with Crippen LogP contribution < -0.4 is 5.73 Å². The van der Waals surface area contributed by atoms with Crippen molar-refractivity contribution in [3.05, 3.63) is 12.2 Å². The molecule has 0 heterocycles. The number of carbonyl (C=O) groups is 1. The molecule has 0 amide bonds. The first kappa shape index (κ1) is 39.2. The van der Waals surface area contributed by atoms with Crippen LogP contribution in [0.5, 0.6) is 0 Å². The Balaban J connectivity index is 3.76. The van der Waals surface area contributed by atoms with E-state index in [4.69, 9.17) is 24.3 Å². The second-order valence-corrected chi connectivity index (χ2v) is 12.1. The van der Waals surface area contributed by atoms with Gasteiger partial charge in [0.15, 0.2) is 0 Å². The number of ether oxygens (including phenoxy) is 2. The minimum atomic E-state index is -4.24. The summed E-state index contributed by atoms with van der Waals surface area (Å²) in [6.07, 6.45) is 27.6. The highest BCUT2D eigenvalue weighted by molar-refractivity contribution is 7.47. The molecule has 3 N–H and O–H groups in total. The van der Waals surface area contributed by atoms with E-state index in [0.717, 1.165) is 25.7 Å². The number of phosphoric acid groups is 1. The Bertz CT molecular complexity index is 633. The summed E-state index contributed by atoms with van der Waals surface area (Å²) in [6, 6.07) is 0. The molecule has 238 valence electrons. The number of phosphoric ester groups is 1. The van der Waals surface area contributed by atoms with Gasteiger partial charge in [-0.1, -0.05) is 109 Å². The molecule has 0 aromatic carbocycles. The smallest absolute Gasteiger partial charge is 0.457 e. The van der Waals surface area contributed by atoms with Crippen molar-refractivity contribution < 1.29 is 32.8 Å². The van der Waals surface area contributed by atoms with Crippen molar-refractivity contribution in [3.63, 3.8) is 0 Å². The molecule has 0 aliphatic rings. The standard InChI is InChI=1S/C31H62NO7P/c1-3-5-7-8-9-10-11-12-13-14-15-16-17-18-19-20-21-22-23-26-36-28-30(39-31(33)24-6-4-2)29-38-40(34,35)37-27-25-32/h13-14,30H,3-12,15-29,32H2,1-2H3,(H,34,35)/b14-13-. The van der Waals surface area contributed by atoms with Gasteiger partial charge in [-0.15, -0.1) is 0 Å². The van der Waals surface area contributed by atoms with E-state index >= 15 is 0 Å². The number of rotatable bonds is 31. The van der Waals surface area contributed by atoms with Crippen molar-refractivity contribution in [2.45, 2.75) is 148 Å². The van der Waals surface area contributed by atoms with Crippen molar-refractivity contribution in [2.24, 2.45) is 5.73 Å². The summed E-state index contributed by atoms with van der Waals surface area (Å²) in [6.45, 7) is 4.66. The van der Waals surface area contributed by atoms with E-state index in [9.17, 15) is 14.3 Å². The van der Waals surface area contributed by atoms with Crippen LogP contribution in [0.2, 0.25) is 0 Å². The Morgan fingerprint density at radius 1 is 0.725 bits per heavy atom. The zero-order valence-corrected chi connectivity index (χ0v) is 26.7. The van der Waals surface area contributed by atoms with Gasteiger partial charge in [0.2, 0.25) is 0 Å². The lowest BCUT2D eigenvalue weighted by Crippen LogP contribution is -2.28. The molecular formula is C31H62NO7P. The molecule has 0 aliphatic heterocycles. The molecule has 2 atom stereocenters. The average Bonchev–Trinajstić information content (AvgIpc) is 2.94. The zero-order valence-electron chi connectivity index (χ0n) is 25.8. The number of allylic oxidation sites excluding steroid dienone is 2. The van der Waals surface area contributed by atoms with Crippen LogP contribution >= 0.6 is 7.82 Å². The highest BCUT2D eigenvalue weighted by Gasteiger charge is 2.25. The minimum absolute atomic E-state index is 0.0953. The van der Waals surface area contributed by atoms with Crippen LogP contribution in [-0.2, 0) is 27.9 Å². The second kappa shape index (κ2) is 29.7. The molecule has 0 aromatic heterocycles. The third-order valence-electron chi connectivity index (χ3n) is 6.68. The molecule has 0 rings (SSSR count). The number of hydrogen-bond donors (Lipinski definition) is 2. The molecule has 0 fully saturated rings. The van der Waals surface area contributed by atoms with Gasteiger partial charge in [0.1, 0.15) is 6.10 Å². The van der Waals surface area contributed by atoms with Crippen LogP contribution in [0.15, 0.2) is 12.2 Å². The van der Waals surface area contributed by atoms with E-state index in [1.54, 1.807) is 0 Å². The van der Waals surface area contributed by atoms with Crippen molar-refractivity contribution in [3.8, 4) is 0 Å². The van der Waals surface area contributed by atoms with E-state index in [1.165, 1.54) is 96.3 Å². The molecule has 0 saturated heterocycles. The average molecular weight is 592 g/mol. The number of esters is 1. The van der Waals surface area contributed by atoms with Gasteiger partial charge in [-0.05, 0) is 38.5 Å². The first-order valence-corrected chi connectivity index (χ1v) is 17.7. The second-order valence-electron chi connectivity index (χ2n) is 10.7. The largest absolute Gasteiger partial charge is 0.472 e. The van der Waals surface area contributed by atoms with Crippen molar-refractivity contribution >= 4 is 13.8 Å². The maximum absolute atomic E-state index is 12.0. The molecule has 0 saturated carbocycles. The first-order chi connectivity index (χ1) is 19.4. The van der Waals surface area contributed by atoms with Gasteiger partial charge in [0.05, 0.1) is 19.8 Å². The molecule has 40 heavy (non-hydrogen) atoms. The van der Waals surface area contributed by atoms with Crippen LogP contribution in [0, 0.1) is 0 Å². The molecule has 0 aliphatic carbocycles. The predicted octanol–water partition coefficient (Wildman–Crippen LogP) is 8.41. The monoisotopic (exact) mass is 591 g/mol. The summed E-state index contributed by atoms with van der Waals surface area (Å²) < 4.78 is 32.6. The fourth-order valence-corrected chi connectivity index (χ4v) is 5.03. The lowest BCUT2D eigenvalue weighted by atomic mass is 10.1. The molecular weight excluding hydrogens is 529 g/mol. The normalized spacial score (nSPS) is 14.0. The van der Waals surface area contributed by atoms with Crippen LogP contribution in [0.4, 0.5) is 0 Å². The third-order valence-corrected chi connectivity index (χ3v) is 7.67. The Morgan fingerprint density at radius 2 is 1.25 bits per heavy atom. The fraction of sp³-hybridized carbons (Fsp3) is 0.903. The molecule has 2 unspecified atom stereocenters. The summed E-state index contributed by atoms with van der Waals surface area (Å²) in [5.74, 6) is -0.366. The number of carbonyl (C=O) groups excluding carboxylic acids is 1. The van der Waals surface area contributed by atoms with E-state index < -0.39 is 13.9 Å². The zero-order chi connectivity index (χ0) is 29.6. The summed E-state index contributed by atoms with van der Waals surface area (Å²) in [5, 5.41) is 0. The molecule has 8 nitrogen and oxygen atoms in total. The van der Waals surface area contributed by atoms with Crippen molar-refractivity contribution in [2.75, 3.05) is 33.0 Å². The van der Waals surface area contributed by atoms with Crippen LogP contribution in [0.3, 0.4) is 0 Å². The summed E-state index contributed by atoms with van der Waals surface area (Å²) in [5.41, 5.74) is 5.29. The van der Waals surface area contributed by atoms with Gasteiger partial charge in [0.25, 0.3) is 0 Å². The highest BCUT2D eigenvalue weighted by atomic mass is 31.2.